The molecule has 0 unspecified atom stereocenters. The SMILES string of the molecule is C=C(N/N=C/c1cc(CC)c(OCc2ccc(F)c(F)c2)c(OC)c1)c1ccc(N)c(Cl)c1.CC(C)C. The van der Waals surface area contributed by atoms with Crippen LogP contribution in [0.1, 0.15) is 49.9 Å². The summed E-state index contributed by atoms with van der Waals surface area (Å²) in [6.45, 7) is 12.5. The van der Waals surface area contributed by atoms with Gasteiger partial charge in [0.25, 0.3) is 0 Å². The van der Waals surface area contributed by atoms with Crippen molar-refractivity contribution < 1.29 is 18.3 Å². The van der Waals surface area contributed by atoms with Crippen LogP contribution < -0.4 is 20.6 Å². The molecule has 0 fully saturated rings. The van der Waals surface area contributed by atoms with E-state index in [1.54, 1.807) is 30.5 Å². The average Bonchev–Trinajstić information content (AvgIpc) is 2.85. The number of methoxy groups -OCH3 is 1. The maximum Gasteiger partial charge on any atom is 0.164 e. The molecule has 5 nitrogen and oxygen atoms in total. The molecule has 0 atom stereocenters. The summed E-state index contributed by atoms with van der Waals surface area (Å²) >= 11 is 6.06. The lowest BCUT2D eigenvalue weighted by atomic mass is 10.1. The summed E-state index contributed by atoms with van der Waals surface area (Å²) in [6, 6.07) is 12.6. The molecule has 0 spiro atoms. The van der Waals surface area contributed by atoms with E-state index in [1.807, 2.05) is 13.0 Å². The molecule has 0 radical (unpaired) electrons. The van der Waals surface area contributed by atoms with Gasteiger partial charge in [-0.05, 0) is 65.4 Å². The summed E-state index contributed by atoms with van der Waals surface area (Å²) in [5, 5.41) is 4.68. The van der Waals surface area contributed by atoms with Crippen molar-refractivity contribution in [3.63, 3.8) is 0 Å². The lowest BCUT2D eigenvalue weighted by molar-refractivity contribution is 0.281. The molecule has 0 aliphatic heterocycles. The van der Waals surface area contributed by atoms with Gasteiger partial charge < -0.3 is 15.2 Å². The Balaban J connectivity index is 0.00000112. The van der Waals surface area contributed by atoms with E-state index < -0.39 is 11.6 Å². The van der Waals surface area contributed by atoms with Crippen molar-refractivity contribution in [2.24, 2.45) is 11.0 Å². The summed E-state index contributed by atoms with van der Waals surface area (Å²) in [5.74, 6) is 0.0592. The van der Waals surface area contributed by atoms with Gasteiger partial charge in [-0.2, -0.15) is 5.10 Å². The van der Waals surface area contributed by atoms with Gasteiger partial charge in [0.05, 0.1) is 29.7 Å². The maximum absolute atomic E-state index is 13.5. The Morgan fingerprint density at radius 3 is 2.41 bits per heavy atom. The van der Waals surface area contributed by atoms with E-state index in [9.17, 15) is 8.78 Å². The maximum atomic E-state index is 13.5. The van der Waals surface area contributed by atoms with Gasteiger partial charge in [-0.3, -0.25) is 5.43 Å². The highest BCUT2D eigenvalue weighted by Crippen LogP contribution is 2.34. The quantitative estimate of drug-likeness (QED) is 0.170. The van der Waals surface area contributed by atoms with Crippen molar-refractivity contribution in [3.05, 3.63) is 94.0 Å². The minimum atomic E-state index is -0.916. The van der Waals surface area contributed by atoms with Crippen LogP contribution in [0.25, 0.3) is 5.70 Å². The molecule has 0 amide bonds. The summed E-state index contributed by atoms with van der Waals surface area (Å²) in [5.41, 5.74) is 12.6. The standard InChI is InChI=1S/C25H24ClF2N3O2.C4H10/c1-4-18-9-17(13-30-31-15(2)19-6-8-23(29)20(26)12-19)11-24(32-3)25(18)33-14-16-5-7-21(27)22(28)10-16;1-4(2)3/h5-13,31H,2,4,14,29H2,1,3H3;4H,1-3H3/b30-13+;. The van der Waals surface area contributed by atoms with Crippen molar-refractivity contribution in [2.75, 3.05) is 12.8 Å². The normalized spacial score (nSPS) is 10.7. The number of nitrogen functional groups attached to an aromatic ring is 1. The molecular weight excluding hydrogens is 496 g/mol. The zero-order valence-electron chi connectivity index (χ0n) is 21.9. The molecule has 0 aromatic heterocycles. The second-order valence-corrected chi connectivity index (χ2v) is 9.33. The number of rotatable bonds is 9. The van der Waals surface area contributed by atoms with Crippen molar-refractivity contribution in [3.8, 4) is 11.5 Å². The number of nitrogens with one attached hydrogen (secondary N) is 1. The van der Waals surface area contributed by atoms with E-state index in [0.717, 1.165) is 34.7 Å². The Morgan fingerprint density at radius 2 is 1.81 bits per heavy atom. The van der Waals surface area contributed by atoms with Gasteiger partial charge in [0, 0.05) is 5.56 Å². The Kier molecular flexibility index (Phi) is 11.4. The van der Waals surface area contributed by atoms with Gasteiger partial charge in [-0.15, -0.1) is 0 Å². The van der Waals surface area contributed by atoms with Crippen LogP contribution in [0.2, 0.25) is 5.02 Å². The predicted octanol–water partition coefficient (Wildman–Crippen LogP) is 7.61. The van der Waals surface area contributed by atoms with Gasteiger partial charge in [0.2, 0.25) is 0 Å². The molecular formula is C29H34ClF2N3O2. The fourth-order valence-corrected chi connectivity index (χ4v) is 3.27. The molecule has 0 bridgehead atoms. The zero-order valence-corrected chi connectivity index (χ0v) is 22.6. The van der Waals surface area contributed by atoms with Crippen LogP contribution in [0.15, 0.2) is 60.2 Å². The molecule has 0 aliphatic rings. The lowest BCUT2D eigenvalue weighted by Gasteiger charge is -2.16. The third kappa shape index (κ3) is 9.10. The Bertz CT molecular complexity index is 1220. The van der Waals surface area contributed by atoms with E-state index in [4.69, 9.17) is 26.8 Å². The molecule has 37 heavy (non-hydrogen) atoms. The monoisotopic (exact) mass is 529 g/mol. The number of hydrogen-bond donors (Lipinski definition) is 2. The second kappa shape index (κ2) is 14.2. The summed E-state index contributed by atoms with van der Waals surface area (Å²) in [4.78, 5) is 0. The minimum Gasteiger partial charge on any atom is -0.493 e. The van der Waals surface area contributed by atoms with Crippen LogP contribution in [0.5, 0.6) is 11.5 Å². The van der Waals surface area contributed by atoms with Crippen molar-refractivity contribution >= 4 is 29.2 Å². The molecule has 3 rings (SSSR count). The van der Waals surface area contributed by atoms with Crippen LogP contribution in [0.4, 0.5) is 14.5 Å². The molecule has 0 saturated heterocycles. The number of aryl methyl sites for hydroxylation is 1. The van der Waals surface area contributed by atoms with Crippen molar-refractivity contribution in [2.45, 2.75) is 40.7 Å². The Morgan fingerprint density at radius 1 is 1.11 bits per heavy atom. The number of anilines is 1. The first-order chi connectivity index (χ1) is 17.5. The number of hydrogen-bond acceptors (Lipinski definition) is 5. The van der Waals surface area contributed by atoms with Crippen LogP contribution in [-0.2, 0) is 13.0 Å². The number of ether oxygens (including phenoxy) is 2. The molecule has 0 heterocycles. The van der Waals surface area contributed by atoms with Gasteiger partial charge in [0.1, 0.15) is 6.61 Å². The molecule has 3 aromatic carbocycles. The third-order valence-corrected chi connectivity index (χ3v) is 5.21. The molecule has 198 valence electrons. The highest BCUT2D eigenvalue weighted by atomic mass is 35.5. The first-order valence-electron chi connectivity index (χ1n) is 11.9. The largest absolute Gasteiger partial charge is 0.493 e. The van der Waals surface area contributed by atoms with Gasteiger partial charge >= 0.3 is 0 Å². The highest BCUT2D eigenvalue weighted by Gasteiger charge is 2.13. The van der Waals surface area contributed by atoms with Gasteiger partial charge in [-0.1, -0.05) is 58.0 Å². The van der Waals surface area contributed by atoms with Crippen LogP contribution in [0, 0.1) is 17.6 Å². The Labute approximate surface area is 222 Å². The van der Waals surface area contributed by atoms with Crippen LogP contribution >= 0.6 is 11.6 Å². The number of nitrogens with zero attached hydrogens (tertiary/aromatic N) is 1. The van der Waals surface area contributed by atoms with Crippen LogP contribution in [-0.4, -0.2) is 13.3 Å². The number of nitrogens with two attached hydrogens (primary N) is 1. The minimum absolute atomic E-state index is 0.0690. The average molecular weight is 530 g/mol. The van der Waals surface area contributed by atoms with E-state index >= 15 is 0 Å². The zero-order chi connectivity index (χ0) is 27.5. The molecule has 3 N–H and O–H groups in total. The summed E-state index contributed by atoms with van der Waals surface area (Å²) in [6.07, 6.45) is 2.29. The number of halogens is 3. The van der Waals surface area contributed by atoms with E-state index in [1.165, 1.54) is 13.2 Å². The van der Waals surface area contributed by atoms with Crippen molar-refractivity contribution in [1.29, 1.82) is 0 Å². The molecule has 0 saturated carbocycles. The van der Waals surface area contributed by atoms with E-state index in [-0.39, 0.29) is 6.61 Å². The van der Waals surface area contributed by atoms with E-state index in [2.05, 4.69) is 37.9 Å². The number of benzene rings is 3. The van der Waals surface area contributed by atoms with Crippen LogP contribution in [0.3, 0.4) is 0 Å². The van der Waals surface area contributed by atoms with Crippen molar-refractivity contribution in [1.82, 2.24) is 5.43 Å². The number of hydrazone groups is 1. The fraction of sp³-hybridized carbons (Fsp3) is 0.276. The fourth-order valence-electron chi connectivity index (χ4n) is 3.09. The smallest absolute Gasteiger partial charge is 0.164 e. The lowest BCUT2D eigenvalue weighted by Crippen LogP contribution is -2.05. The second-order valence-electron chi connectivity index (χ2n) is 8.92. The predicted molar refractivity (Wildman–Crippen MR) is 149 cm³/mol. The summed E-state index contributed by atoms with van der Waals surface area (Å²) in [7, 11) is 1.53. The Hall–Kier alpha value is -3.58. The molecule has 8 heteroatoms. The molecule has 0 aliphatic carbocycles. The first kappa shape index (κ1) is 29.6. The van der Waals surface area contributed by atoms with Gasteiger partial charge in [0.15, 0.2) is 23.1 Å². The van der Waals surface area contributed by atoms with E-state index in [0.29, 0.717) is 39.9 Å². The topological polar surface area (TPSA) is 68.9 Å². The molecule has 3 aromatic rings. The first-order valence-corrected chi connectivity index (χ1v) is 12.2. The summed E-state index contributed by atoms with van der Waals surface area (Å²) < 4.78 is 38.0. The van der Waals surface area contributed by atoms with Gasteiger partial charge in [-0.25, -0.2) is 8.78 Å². The third-order valence-electron chi connectivity index (χ3n) is 4.88. The highest BCUT2D eigenvalue weighted by molar-refractivity contribution is 6.33.